The maximum absolute atomic E-state index is 5.70. The van der Waals surface area contributed by atoms with Gasteiger partial charge in [-0.2, -0.15) is 0 Å². The SMILES string of the molecule is CCC(C)(C)Nc1cc(N)nc(COC)n1. The van der Waals surface area contributed by atoms with E-state index in [-0.39, 0.29) is 5.54 Å². The predicted molar refractivity (Wildman–Crippen MR) is 65.2 cm³/mol. The minimum Gasteiger partial charge on any atom is -0.384 e. The normalized spacial score (nSPS) is 11.5. The molecule has 1 aromatic heterocycles. The van der Waals surface area contributed by atoms with Gasteiger partial charge in [-0.05, 0) is 20.3 Å². The first-order valence-corrected chi connectivity index (χ1v) is 5.37. The van der Waals surface area contributed by atoms with Crippen LogP contribution in [0.4, 0.5) is 11.6 Å². The monoisotopic (exact) mass is 224 g/mol. The molecule has 0 saturated heterocycles. The van der Waals surface area contributed by atoms with E-state index in [1.165, 1.54) is 0 Å². The molecule has 90 valence electrons. The summed E-state index contributed by atoms with van der Waals surface area (Å²) in [6.45, 7) is 6.71. The lowest BCUT2D eigenvalue weighted by molar-refractivity contribution is 0.178. The number of nitrogens with one attached hydrogen (secondary N) is 1. The lowest BCUT2D eigenvalue weighted by Gasteiger charge is -2.25. The molecule has 1 rings (SSSR count). The number of methoxy groups -OCH3 is 1. The zero-order valence-corrected chi connectivity index (χ0v) is 10.4. The molecular weight excluding hydrogens is 204 g/mol. The van der Waals surface area contributed by atoms with Crippen LogP contribution in [0.3, 0.4) is 0 Å². The van der Waals surface area contributed by atoms with Crippen molar-refractivity contribution >= 4 is 11.6 Å². The van der Waals surface area contributed by atoms with Gasteiger partial charge in [0.2, 0.25) is 0 Å². The molecule has 0 spiro atoms. The fourth-order valence-electron chi connectivity index (χ4n) is 1.21. The van der Waals surface area contributed by atoms with E-state index in [0.717, 1.165) is 12.2 Å². The number of ether oxygens (including phenoxy) is 1. The average molecular weight is 224 g/mol. The molecule has 0 amide bonds. The Hall–Kier alpha value is -1.36. The van der Waals surface area contributed by atoms with Crippen molar-refractivity contribution in [3.8, 4) is 0 Å². The number of rotatable bonds is 5. The summed E-state index contributed by atoms with van der Waals surface area (Å²) < 4.78 is 4.99. The Labute approximate surface area is 96.4 Å². The smallest absolute Gasteiger partial charge is 0.158 e. The van der Waals surface area contributed by atoms with Gasteiger partial charge < -0.3 is 15.8 Å². The summed E-state index contributed by atoms with van der Waals surface area (Å²) in [5.74, 6) is 1.79. The first kappa shape index (κ1) is 12.7. The van der Waals surface area contributed by atoms with Crippen molar-refractivity contribution in [2.75, 3.05) is 18.2 Å². The Morgan fingerprint density at radius 2 is 2.12 bits per heavy atom. The molecule has 0 aliphatic rings. The molecule has 1 heterocycles. The molecule has 0 aromatic carbocycles. The van der Waals surface area contributed by atoms with E-state index in [1.807, 2.05) is 0 Å². The quantitative estimate of drug-likeness (QED) is 0.798. The van der Waals surface area contributed by atoms with Crippen molar-refractivity contribution in [3.63, 3.8) is 0 Å². The summed E-state index contributed by atoms with van der Waals surface area (Å²) in [7, 11) is 1.61. The van der Waals surface area contributed by atoms with Crippen LogP contribution in [0.25, 0.3) is 0 Å². The topological polar surface area (TPSA) is 73.1 Å². The summed E-state index contributed by atoms with van der Waals surface area (Å²) in [5.41, 5.74) is 5.69. The Kier molecular flexibility index (Phi) is 4.06. The molecule has 0 unspecified atom stereocenters. The first-order valence-electron chi connectivity index (χ1n) is 5.37. The summed E-state index contributed by atoms with van der Waals surface area (Å²) >= 11 is 0. The molecule has 16 heavy (non-hydrogen) atoms. The minimum atomic E-state index is -0.00879. The van der Waals surface area contributed by atoms with Crippen LogP contribution in [0.15, 0.2) is 6.07 Å². The van der Waals surface area contributed by atoms with Gasteiger partial charge in [0.05, 0.1) is 0 Å². The van der Waals surface area contributed by atoms with Crippen LogP contribution in [-0.2, 0) is 11.3 Å². The van der Waals surface area contributed by atoms with Crippen LogP contribution < -0.4 is 11.1 Å². The molecule has 0 atom stereocenters. The molecule has 3 N–H and O–H groups in total. The second-order valence-corrected chi connectivity index (χ2v) is 4.39. The van der Waals surface area contributed by atoms with Crippen LogP contribution in [-0.4, -0.2) is 22.6 Å². The van der Waals surface area contributed by atoms with E-state index in [1.54, 1.807) is 13.2 Å². The van der Waals surface area contributed by atoms with Crippen molar-refractivity contribution in [2.24, 2.45) is 0 Å². The number of aromatic nitrogens is 2. The third kappa shape index (κ3) is 3.66. The highest BCUT2D eigenvalue weighted by Gasteiger charge is 2.15. The Balaban J connectivity index is 2.87. The number of hydrogen-bond donors (Lipinski definition) is 2. The number of hydrogen-bond acceptors (Lipinski definition) is 5. The first-order chi connectivity index (χ1) is 7.46. The molecule has 1 aromatic rings. The number of nitrogens with two attached hydrogens (primary N) is 1. The second-order valence-electron chi connectivity index (χ2n) is 4.39. The third-order valence-corrected chi connectivity index (χ3v) is 2.42. The van der Waals surface area contributed by atoms with Crippen LogP contribution in [0.2, 0.25) is 0 Å². The number of nitrogens with zero attached hydrogens (tertiary/aromatic N) is 2. The molecule has 0 bridgehead atoms. The highest BCUT2D eigenvalue weighted by atomic mass is 16.5. The maximum atomic E-state index is 5.70. The number of anilines is 2. The van der Waals surface area contributed by atoms with E-state index >= 15 is 0 Å². The van der Waals surface area contributed by atoms with Crippen LogP contribution in [0.5, 0.6) is 0 Å². The Morgan fingerprint density at radius 1 is 1.44 bits per heavy atom. The second kappa shape index (κ2) is 5.12. The van der Waals surface area contributed by atoms with E-state index in [9.17, 15) is 0 Å². The summed E-state index contributed by atoms with van der Waals surface area (Å²) in [5, 5.41) is 3.32. The molecular formula is C11H20N4O. The van der Waals surface area contributed by atoms with Gasteiger partial charge in [0.1, 0.15) is 18.2 Å². The van der Waals surface area contributed by atoms with Crippen molar-refractivity contribution in [1.29, 1.82) is 0 Å². The fraction of sp³-hybridized carbons (Fsp3) is 0.636. The van der Waals surface area contributed by atoms with Gasteiger partial charge in [-0.3, -0.25) is 0 Å². The predicted octanol–water partition coefficient (Wildman–Crippen LogP) is 1.81. The van der Waals surface area contributed by atoms with Gasteiger partial charge in [0, 0.05) is 18.7 Å². The fourth-order valence-corrected chi connectivity index (χ4v) is 1.21. The van der Waals surface area contributed by atoms with Gasteiger partial charge >= 0.3 is 0 Å². The van der Waals surface area contributed by atoms with Crippen molar-refractivity contribution in [3.05, 3.63) is 11.9 Å². The van der Waals surface area contributed by atoms with Crippen molar-refractivity contribution < 1.29 is 4.74 Å². The largest absolute Gasteiger partial charge is 0.384 e. The van der Waals surface area contributed by atoms with E-state index in [0.29, 0.717) is 18.2 Å². The lowest BCUT2D eigenvalue weighted by Crippen LogP contribution is -2.30. The van der Waals surface area contributed by atoms with E-state index in [2.05, 4.69) is 36.1 Å². The third-order valence-electron chi connectivity index (χ3n) is 2.42. The molecule has 5 heteroatoms. The van der Waals surface area contributed by atoms with Crippen molar-refractivity contribution in [2.45, 2.75) is 39.3 Å². The molecule has 0 saturated carbocycles. The molecule has 5 nitrogen and oxygen atoms in total. The van der Waals surface area contributed by atoms with Crippen LogP contribution >= 0.6 is 0 Å². The Bertz CT molecular complexity index is 352. The zero-order valence-electron chi connectivity index (χ0n) is 10.4. The van der Waals surface area contributed by atoms with Gasteiger partial charge in [0.15, 0.2) is 5.82 Å². The standard InChI is InChI=1S/C11H20N4O/c1-5-11(2,3)15-9-6-8(12)13-10(14-9)7-16-4/h6H,5,7H2,1-4H3,(H3,12,13,14,15). The molecule has 0 fully saturated rings. The van der Waals surface area contributed by atoms with Gasteiger partial charge in [-0.15, -0.1) is 0 Å². The highest BCUT2D eigenvalue weighted by molar-refractivity contribution is 5.46. The molecule has 0 aliphatic carbocycles. The zero-order chi connectivity index (χ0) is 12.2. The van der Waals surface area contributed by atoms with E-state index in [4.69, 9.17) is 10.5 Å². The maximum Gasteiger partial charge on any atom is 0.158 e. The van der Waals surface area contributed by atoms with Crippen molar-refractivity contribution in [1.82, 2.24) is 9.97 Å². The van der Waals surface area contributed by atoms with Crippen LogP contribution in [0, 0.1) is 0 Å². The number of nitrogen functional groups attached to an aromatic ring is 1. The average Bonchev–Trinajstić information content (AvgIpc) is 2.16. The minimum absolute atomic E-state index is 0.00879. The van der Waals surface area contributed by atoms with Gasteiger partial charge in [-0.1, -0.05) is 6.92 Å². The van der Waals surface area contributed by atoms with E-state index < -0.39 is 0 Å². The molecule has 0 aliphatic heterocycles. The van der Waals surface area contributed by atoms with Crippen LogP contribution in [0.1, 0.15) is 33.0 Å². The van der Waals surface area contributed by atoms with Gasteiger partial charge in [-0.25, -0.2) is 9.97 Å². The summed E-state index contributed by atoms with van der Waals surface area (Å²) in [4.78, 5) is 8.41. The lowest BCUT2D eigenvalue weighted by atomic mass is 10.0. The van der Waals surface area contributed by atoms with Gasteiger partial charge in [0.25, 0.3) is 0 Å². The molecule has 0 radical (unpaired) electrons. The highest BCUT2D eigenvalue weighted by Crippen LogP contribution is 2.17. The summed E-state index contributed by atoms with van der Waals surface area (Å²) in [6.07, 6.45) is 0.997. The summed E-state index contributed by atoms with van der Waals surface area (Å²) in [6, 6.07) is 1.73. The Morgan fingerprint density at radius 3 is 2.69 bits per heavy atom.